The van der Waals surface area contributed by atoms with E-state index in [0.717, 1.165) is 25.7 Å². The van der Waals surface area contributed by atoms with Gasteiger partial charge in [-0.15, -0.1) is 0 Å². The van der Waals surface area contributed by atoms with E-state index in [4.69, 9.17) is 16.6 Å². The Hall–Kier alpha value is -0.860. The van der Waals surface area contributed by atoms with E-state index in [1.807, 2.05) is 0 Å². The summed E-state index contributed by atoms with van der Waals surface area (Å²) < 4.78 is 0. The van der Waals surface area contributed by atoms with Crippen LogP contribution in [-0.4, -0.2) is 12.1 Å². The second-order valence-electron chi connectivity index (χ2n) is 2.33. The molecule has 0 heterocycles. The maximum absolute atomic E-state index is 6.91. The zero-order valence-corrected chi connectivity index (χ0v) is 6.19. The normalized spacial score (nSPS) is 9.20. The molecule has 3 heteroatoms. The lowest BCUT2D eigenvalue weighted by Gasteiger charge is -1.95. The van der Waals surface area contributed by atoms with Crippen LogP contribution in [0.15, 0.2) is 0 Å². The van der Waals surface area contributed by atoms with Crippen LogP contribution in [0.3, 0.4) is 0 Å². The molecule has 0 spiro atoms. The summed E-state index contributed by atoms with van der Waals surface area (Å²) >= 11 is 0. The SMILES string of the molecule is N=CCCCCCC(=N)N. The molecule has 0 rings (SSSR count). The van der Waals surface area contributed by atoms with E-state index in [9.17, 15) is 0 Å². The van der Waals surface area contributed by atoms with Gasteiger partial charge in [-0.2, -0.15) is 0 Å². The molecule has 0 aromatic carbocycles. The molecule has 58 valence electrons. The predicted molar refractivity (Wildman–Crippen MR) is 43.8 cm³/mol. The first-order valence-electron chi connectivity index (χ1n) is 3.59. The molecule has 10 heavy (non-hydrogen) atoms. The van der Waals surface area contributed by atoms with Crippen molar-refractivity contribution in [3.8, 4) is 0 Å². The van der Waals surface area contributed by atoms with Crippen molar-refractivity contribution in [1.82, 2.24) is 0 Å². The van der Waals surface area contributed by atoms with Gasteiger partial charge in [-0.3, -0.25) is 5.41 Å². The molecule has 3 nitrogen and oxygen atoms in total. The number of nitrogens with two attached hydrogens (primary N) is 1. The molecule has 4 N–H and O–H groups in total. The fourth-order valence-corrected chi connectivity index (χ4v) is 0.739. The summed E-state index contributed by atoms with van der Waals surface area (Å²) in [4.78, 5) is 0. The fraction of sp³-hybridized carbons (Fsp3) is 0.714. The van der Waals surface area contributed by atoms with Crippen LogP contribution in [0.1, 0.15) is 32.1 Å². The summed E-state index contributed by atoms with van der Waals surface area (Å²) in [5.74, 6) is 0.273. The Labute approximate surface area is 61.6 Å². The minimum absolute atomic E-state index is 0.273. The van der Waals surface area contributed by atoms with Crippen molar-refractivity contribution in [3.63, 3.8) is 0 Å². The largest absolute Gasteiger partial charge is 0.388 e. The maximum Gasteiger partial charge on any atom is 0.0905 e. The summed E-state index contributed by atoms with van der Waals surface area (Å²) in [6.45, 7) is 0. The second kappa shape index (κ2) is 6.26. The molecule has 0 saturated carbocycles. The summed E-state index contributed by atoms with van der Waals surface area (Å²) in [5, 5.41) is 13.6. The van der Waals surface area contributed by atoms with Gasteiger partial charge in [0.2, 0.25) is 0 Å². The Morgan fingerprint density at radius 2 is 2.00 bits per heavy atom. The summed E-state index contributed by atoms with van der Waals surface area (Å²) in [5.41, 5.74) is 5.15. The highest BCUT2D eigenvalue weighted by molar-refractivity contribution is 5.76. The van der Waals surface area contributed by atoms with Crippen molar-refractivity contribution in [2.75, 3.05) is 0 Å². The first kappa shape index (κ1) is 9.14. The highest BCUT2D eigenvalue weighted by atomic mass is 14.7. The Morgan fingerprint density at radius 3 is 2.50 bits per heavy atom. The van der Waals surface area contributed by atoms with Gasteiger partial charge in [0, 0.05) is 6.42 Å². The molecule has 0 aliphatic rings. The summed E-state index contributed by atoms with van der Waals surface area (Å²) in [7, 11) is 0. The minimum Gasteiger partial charge on any atom is -0.388 e. The summed E-state index contributed by atoms with van der Waals surface area (Å²) in [6.07, 6.45) is 6.11. The van der Waals surface area contributed by atoms with E-state index in [0.29, 0.717) is 6.42 Å². The van der Waals surface area contributed by atoms with E-state index in [1.165, 1.54) is 6.21 Å². The van der Waals surface area contributed by atoms with Crippen LogP contribution in [0, 0.1) is 10.8 Å². The van der Waals surface area contributed by atoms with Gasteiger partial charge in [0.05, 0.1) is 5.84 Å². The zero-order valence-electron chi connectivity index (χ0n) is 6.19. The average Bonchev–Trinajstić information content (AvgIpc) is 1.87. The van der Waals surface area contributed by atoms with E-state index in [-0.39, 0.29) is 5.84 Å². The molecule has 0 amide bonds. The van der Waals surface area contributed by atoms with E-state index >= 15 is 0 Å². The molecule has 0 unspecified atom stereocenters. The number of unbranched alkanes of at least 4 members (excludes halogenated alkanes) is 3. The lowest BCUT2D eigenvalue weighted by molar-refractivity contribution is 0.717. The Bertz CT molecular complexity index is 109. The number of rotatable bonds is 6. The summed E-state index contributed by atoms with van der Waals surface area (Å²) in [6, 6.07) is 0. The molecule has 0 saturated heterocycles. The third-order valence-corrected chi connectivity index (χ3v) is 1.29. The Kier molecular flexibility index (Phi) is 5.72. The number of amidine groups is 1. The first-order valence-corrected chi connectivity index (χ1v) is 3.59. The van der Waals surface area contributed by atoms with Crippen molar-refractivity contribution in [2.24, 2.45) is 5.73 Å². The average molecular weight is 141 g/mol. The van der Waals surface area contributed by atoms with Crippen molar-refractivity contribution in [2.45, 2.75) is 32.1 Å². The highest BCUT2D eigenvalue weighted by Gasteiger charge is 1.89. The van der Waals surface area contributed by atoms with Crippen LogP contribution < -0.4 is 5.73 Å². The van der Waals surface area contributed by atoms with Gasteiger partial charge in [0.25, 0.3) is 0 Å². The molecule has 0 bridgehead atoms. The molecular formula is C7H15N3. The van der Waals surface area contributed by atoms with Crippen LogP contribution in [0.25, 0.3) is 0 Å². The van der Waals surface area contributed by atoms with E-state index < -0.39 is 0 Å². The molecule has 0 aromatic heterocycles. The molecule has 0 atom stereocenters. The third-order valence-electron chi connectivity index (χ3n) is 1.29. The van der Waals surface area contributed by atoms with Gasteiger partial charge in [0.15, 0.2) is 0 Å². The number of hydrogen-bond donors (Lipinski definition) is 3. The van der Waals surface area contributed by atoms with Crippen molar-refractivity contribution < 1.29 is 0 Å². The van der Waals surface area contributed by atoms with Crippen LogP contribution in [-0.2, 0) is 0 Å². The number of nitrogens with one attached hydrogen (secondary N) is 2. The molecule has 0 radical (unpaired) electrons. The topological polar surface area (TPSA) is 73.7 Å². The first-order chi connectivity index (χ1) is 4.77. The van der Waals surface area contributed by atoms with Crippen molar-refractivity contribution in [1.29, 1.82) is 10.8 Å². The van der Waals surface area contributed by atoms with Crippen molar-refractivity contribution in [3.05, 3.63) is 0 Å². The van der Waals surface area contributed by atoms with Gasteiger partial charge >= 0.3 is 0 Å². The lowest BCUT2D eigenvalue weighted by Crippen LogP contribution is -2.08. The van der Waals surface area contributed by atoms with Crippen LogP contribution in [0.2, 0.25) is 0 Å². The second-order valence-corrected chi connectivity index (χ2v) is 2.33. The van der Waals surface area contributed by atoms with Gasteiger partial charge in [-0.1, -0.05) is 6.42 Å². The van der Waals surface area contributed by atoms with Crippen molar-refractivity contribution >= 4 is 12.1 Å². The highest BCUT2D eigenvalue weighted by Crippen LogP contribution is 2.00. The zero-order chi connectivity index (χ0) is 7.82. The standard InChI is InChI=1S/C7H15N3/c8-6-4-2-1-3-5-7(9)10/h6,8H,1-5H2,(H3,9,10). The van der Waals surface area contributed by atoms with Gasteiger partial charge in [-0.05, 0) is 25.5 Å². The Balaban J connectivity index is 2.90. The smallest absolute Gasteiger partial charge is 0.0905 e. The monoisotopic (exact) mass is 141 g/mol. The Morgan fingerprint density at radius 1 is 1.30 bits per heavy atom. The third kappa shape index (κ3) is 7.14. The van der Waals surface area contributed by atoms with E-state index in [2.05, 4.69) is 0 Å². The molecule has 0 aromatic rings. The van der Waals surface area contributed by atoms with Crippen LogP contribution >= 0.6 is 0 Å². The predicted octanol–water partition coefficient (Wildman–Crippen LogP) is 1.52. The van der Waals surface area contributed by atoms with Crippen LogP contribution in [0.5, 0.6) is 0 Å². The fourth-order valence-electron chi connectivity index (χ4n) is 0.739. The van der Waals surface area contributed by atoms with E-state index in [1.54, 1.807) is 0 Å². The molecule has 0 aliphatic heterocycles. The van der Waals surface area contributed by atoms with Gasteiger partial charge in [-0.25, -0.2) is 0 Å². The quantitative estimate of drug-likeness (QED) is 0.293. The molecular weight excluding hydrogens is 126 g/mol. The lowest BCUT2D eigenvalue weighted by atomic mass is 10.1. The number of hydrogen-bond acceptors (Lipinski definition) is 2. The van der Waals surface area contributed by atoms with Crippen LogP contribution in [0.4, 0.5) is 0 Å². The molecule has 0 aliphatic carbocycles. The van der Waals surface area contributed by atoms with Gasteiger partial charge < -0.3 is 11.1 Å². The molecule has 0 fully saturated rings. The minimum atomic E-state index is 0.273. The van der Waals surface area contributed by atoms with Gasteiger partial charge in [0.1, 0.15) is 0 Å². The maximum atomic E-state index is 6.91.